The van der Waals surface area contributed by atoms with Crippen molar-refractivity contribution in [3.63, 3.8) is 0 Å². The number of carbonyl (C=O) groups excluding carboxylic acids is 1. The third kappa shape index (κ3) is 8.55. The number of thioether (sulfide) groups is 1. The maximum absolute atomic E-state index is 10.7. The zero-order valence-electron chi connectivity index (χ0n) is 9.69. The van der Waals surface area contributed by atoms with Gasteiger partial charge in [0.25, 0.3) is 0 Å². The van der Waals surface area contributed by atoms with Gasteiger partial charge in [0.05, 0.1) is 6.61 Å². The summed E-state index contributed by atoms with van der Waals surface area (Å²) < 4.78 is 5.25. The molecule has 0 saturated carbocycles. The van der Waals surface area contributed by atoms with Crippen molar-refractivity contribution in [2.45, 2.75) is 26.3 Å². The van der Waals surface area contributed by atoms with Gasteiger partial charge in [0.15, 0.2) is 0 Å². The summed E-state index contributed by atoms with van der Waals surface area (Å²) in [6.07, 6.45) is 0.980. The number of carbonyl (C=O) groups is 2. The predicted octanol–water partition coefficient (Wildman–Crippen LogP) is 0.736. The van der Waals surface area contributed by atoms with Crippen molar-refractivity contribution in [2.75, 3.05) is 24.7 Å². The third-order valence-corrected chi connectivity index (χ3v) is 2.70. The number of hydrogen-bond donors (Lipinski definition) is 2. The summed E-state index contributed by atoms with van der Waals surface area (Å²) in [6, 6.07) is -0.811. The van der Waals surface area contributed by atoms with Crippen LogP contribution < -0.4 is 5.32 Å². The maximum Gasteiger partial charge on any atom is 0.327 e. The van der Waals surface area contributed by atoms with Crippen molar-refractivity contribution in [1.82, 2.24) is 5.32 Å². The highest BCUT2D eigenvalue weighted by molar-refractivity contribution is 7.99. The monoisotopic (exact) mass is 249 g/mol. The second kappa shape index (κ2) is 9.47. The summed E-state index contributed by atoms with van der Waals surface area (Å²) in [5.74, 6) is -0.222. The number of carboxylic acids is 1. The first-order valence-electron chi connectivity index (χ1n) is 5.23. The van der Waals surface area contributed by atoms with Crippen molar-refractivity contribution in [3.05, 3.63) is 0 Å². The molecule has 0 rings (SSSR count). The van der Waals surface area contributed by atoms with Gasteiger partial charge >= 0.3 is 5.97 Å². The lowest BCUT2D eigenvalue weighted by molar-refractivity contribution is -0.140. The standard InChI is InChI=1S/C10H19NO4S/c1-3-4-15-5-6-16-7-9(10(13)14)11-8(2)12/h9H,3-7H2,1-2H3,(H,11,12)(H,13,14)/t9-/m0/s1. The molecule has 0 aliphatic carbocycles. The highest BCUT2D eigenvalue weighted by Crippen LogP contribution is 2.03. The van der Waals surface area contributed by atoms with E-state index in [1.54, 1.807) is 0 Å². The molecule has 0 fully saturated rings. The van der Waals surface area contributed by atoms with E-state index in [0.29, 0.717) is 12.4 Å². The van der Waals surface area contributed by atoms with Crippen LogP contribution in [0.2, 0.25) is 0 Å². The van der Waals surface area contributed by atoms with Crippen LogP contribution in [0.25, 0.3) is 0 Å². The van der Waals surface area contributed by atoms with E-state index in [1.807, 2.05) is 6.92 Å². The molecule has 2 N–H and O–H groups in total. The molecule has 0 aromatic rings. The number of nitrogens with one attached hydrogen (secondary N) is 1. The lowest BCUT2D eigenvalue weighted by atomic mass is 10.3. The van der Waals surface area contributed by atoms with Gasteiger partial charge in [-0.15, -0.1) is 0 Å². The molecule has 6 heteroatoms. The number of aliphatic carboxylic acids is 1. The number of hydrogen-bond acceptors (Lipinski definition) is 4. The lowest BCUT2D eigenvalue weighted by Gasteiger charge is -2.12. The van der Waals surface area contributed by atoms with Crippen molar-refractivity contribution < 1.29 is 19.4 Å². The molecule has 1 amide bonds. The van der Waals surface area contributed by atoms with Crippen LogP contribution in [0.1, 0.15) is 20.3 Å². The molecule has 0 spiro atoms. The summed E-state index contributed by atoms with van der Waals surface area (Å²) in [7, 11) is 0. The van der Waals surface area contributed by atoms with Crippen LogP contribution in [0, 0.1) is 0 Å². The lowest BCUT2D eigenvalue weighted by Crippen LogP contribution is -2.41. The SMILES string of the molecule is CCCOCCSC[C@H](NC(C)=O)C(=O)O. The van der Waals surface area contributed by atoms with Gasteiger partial charge < -0.3 is 15.2 Å². The van der Waals surface area contributed by atoms with E-state index in [0.717, 1.165) is 18.8 Å². The molecule has 0 aromatic carbocycles. The van der Waals surface area contributed by atoms with E-state index >= 15 is 0 Å². The van der Waals surface area contributed by atoms with Crippen LogP contribution >= 0.6 is 11.8 Å². The highest BCUT2D eigenvalue weighted by atomic mass is 32.2. The number of amides is 1. The second-order valence-corrected chi connectivity index (χ2v) is 4.43. The average Bonchev–Trinajstić information content (AvgIpc) is 2.20. The van der Waals surface area contributed by atoms with Gasteiger partial charge in [-0.05, 0) is 6.42 Å². The fourth-order valence-electron chi connectivity index (χ4n) is 0.985. The Morgan fingerprint density at radius 2 is 2.12 bits per heavy atom. The maximum atomic E-state index is 10.7. The van der Waals surface area contributed by atoms with E-state index in [-0.39, 0.29) is 5.91 Å². The minimum Gasteiger partial charge on any atom is -0.480 e. The number of ether oxygens (including phenoxy) is 1. The number of rotatable bonds is 9. The van der Waals surface area contributed by atoms with Crippen LogP contribution in [0.3, 0.4) is 0 Å². The van der Waals surface area contributed by atoms with E-state index < -0.39 is 12.0 Å². The molecule has 94 valence electrons. The smallest absolute Gasteiger partial charge is 0.327 e. The topological polar surface area (TPSA) is 75.6 Å². The van der Waals surface area contributed by atoms with Gasteiger partial charge in [-0.25, -0.2) is 4.79 Å². The normalized spacial score (nSPS) is 12.1. The van der Waals surface area contributed by atoms with Gasteiger partial charge in [-0.3, -0.25) is 4.79 Å². The quantitative estimate of drug-likeness (QED) is 0.589. The molecule has 16 heavy (non-hydrogen) atoms. The first-order valence-corrected chi connectivity index (χ1v) is 6.38. The van der Waals surface area contributed by atoms with Crippen LogP contribution in [0.5, 0.6) is 0 Å². The summed E-state index contributed by atoms with van der Waals surface area (Å²) in [5.41, 5.74) is 0. The molecular weight excluding hydrogens is 230 g/mol. The van der Waals surface area contributed by atoms with Crippen LogP contribution in [0.15, 0.2) is 0 Å². The molecule has 0 unspecified atom stereocenters. The van der Waals surface area contributed by atoms with Crippen molar-refractivity contribution in [3.8, 4) is 0 Å². The second-order valence-electron chi connectivity index (χ2n) is 3.28. The molecule has 0 aliphatic heterocycles. The number of carboxylic acid groups (broad SMARTS) is 1. The zero-order valence-corrected chi connectivity index (χ0v) is 10.5. The van der Waals surface area contributed by atoms with E-state index in [2.05, 4.69) is 5.32 Å². The van der Waals surface area contributed by atoms with E-state index in [9.17, 15) is 9.59 Å². The summed E-state index contributed by atoms with van der Waals surface area (Å²) in [4.78, 5) is 21.5. The van der Waals surface area contributed by atoms with Crippen LogP contribution in [0.4, 0.5) is 0 Å². The molecule has 0 saturated heterocycles. The Morgan fingerprint density at radius 3 is 2.62 bits per heavy atom. The van der Waals surface area contributed by atoms with Crippen molar-refractivity contribution in [2.24, 2.45) is 0 Å². The fraction of sp³-hybridized carbons (Fsp3) is 0.800. The Balaban J connectivity index is 3.60. The molecule has 0 radical (unpaired) electrons. The van der Waals surface area contributed by atoms with Gasteiger partial charge in [0, 0.05) is 25.0 Å². The Bertz CT molecular complexity index is 223. The average molecular weight is 249 g/mol. The van der Waals surface area contributed by atoms with E-state index in [4.69, 9.17) is 9.84 Å². The molecule has 1 atom stereocenters. The first kappa shape index (κ1) is 15.2. The molecule has 0 aliphatic rings. The van der Waals surface area contributed by atoms with Crippen LogP contribution in [-0.4, -0.2) is 47.7 Å². The summed E-state index contributed by atoms with van der Waals surface area (Å²) in [5, 5.41) is 11.2. The van der Waals surface area contributed by atoms with Gasteiger partial charge in [-0.2, -0.15) is 11.8 Å². The zero-order chi connectivity index (χ0) is 12.4. The molecule has 0 heterocycles. The van der Waals surface area contributed by atoms with Crippen molar-refractivity contribution in [1.29, 1.82) is 0 Å². The summed E-state index contributed by atoms with van der Waals surface area (Å²) in [6.45, 7) is 4.69. The Hall–Kier alpha value is -0.750. The van der Waals surface area contributed by atoms with Crippen molar-refractivity contribution >= 4 is 23.6 Å². The minimum atomic E-state index is -1.00. The molecular formula is C10H19NO4S. The minimum absolute atomic E-state index is 0.324. The predicted molar refractivity (Wildman–Crippen MR) is 63.7 cm³/mol. The molecule has 0 aromatic heterocycles. The fourth-order valence-corrected chi connectivity index (χ4v) is 1.85. The van der Waals surface area contributed by atoms with Gasteiger partial charge in [-0.1, -0.05) is 6.92 Å². The van der Waals surface area contributed by atoms with Gasteiger partial charge in [0.1, 0.15) is 6.04 Å². The Labute approximate surface area is 99.9 Å². The Morgan fingerprint density at radius 1 is 1.44 bits per heavy atom. The highest BCUT2D eigenvalue weighted by Gasteiger charge is 2.17. The molecule has 5 nitrogen and oxygen atoms in total. The largest absolute Gasteiger partial charge is 0.480 e. The van der Waals surface area contributed by atoms with E-state index in [1.165, 1.54) is 18.7 Å². The molecule has 0 bridgehead atoms. The summed E-state index contributed by atoms with van der Waals surface area (Å²) >= 11 is 1.46. The van der Waals surface area contributed by atoms with Crippen LogP contribution in [-0.2, 0) is 14.3 Å². The third-order valence-electron chi connectivity index (χ3n) is 1.68. The van der Waals surface area contributed by atoms with Gasteiger partial charge in [0.2, 0.25) is 5.91 Å². The first-order chi connectivity index (χ1) is 7.57. The Kier molecular flexibility index (Phi) is 9.03.